The first-order valence-electron chi connectivity index (χ1n) is 7.24. The average Bonchev–Trinajstić information content (AvgIpc) is 2.95. The van der Waals surface area contributed by atoms with Gasteiger partial charge in [-0.2, -0.15) is 14.9 Å². The van der Waals surface area contributed by atoms with Gasteiger partial charge in [-0.25, -0.2) is 5.10 Å². The summed E-state index contributed by atoms with van der Waals surface area (Å²) in [6, 6.07) is 12.9. The predicted octanol–water partition coefficient (Wildman–Crippen LogP) is 3.51. The number of phenols is 1. The lowest BCUT2D eigenvalue weighted by atomic mass is 10.1. The summed E-state index contributed by atoms with van der Waals surface area (Å²) in [5, 5.41) is 21.0. The van der Waals surface area contributed by atoms with Crippen LogP contribution in [0, 0.1) is 11.7 Å². The minimum Gasteiger partial charge on any atom is -0.504 e. The van der Waals surface area contributed by atoms with Crippen molar-refractivity contribution in [1.29, 1.82) is 0 Å². The molecule has 0 saturated heterocycles. The fourth-order valence-corrected chi connectivity index (χ4v) is 2.37. The van der Waals surface area contributed by atoms with Crippen LogP contribution in [0.15, 0.2) is 47.6 Å². The molecule has 0 bridgehead atoms. The molecule has 0 fully saturated rings. The van der Waals surface area contributed by atoms with E-state index in [2.05, 4.69) is 15.3 Å². The molecule has 1 heterocycles. The van der Waals surface area contributed by atoms with Crippen LogP contribution in [0.4, 0.5) is 0 Å². The molecule has 0 unspecified atom stereocenters. The number of hydrogen-bond donors (Lipinski definition) is 2. The van der Waals surface area contributed by atoms with Gasteiger partial charge in [0.1, 0.15) is 0 Å². The number of aryl methyl sites for hydroxylation is 1. The molecule has 2 aromatic carbocycles. The topological polar surface area (TPSA) is 75.4 Å². The van der Waals surface area contributed by atoms with E-state index in [1.54, 1.807) is 29.1 Å². The Balaban J connectivity index is 1.97. The summed E-state index contributed by atoms with van der Waals surface area (Å²) in [6.45, 7) is 2.03. The van der Waals surface area contributed by atoms with E-state index in [0.717, 1.165) is 11.1 Å². The molecule has 122 valence electrons. The molecule has 0 aliphatic carbocycles. The van der Waals surface area contributed by atoms with Crippen molar-refractivity contribution in [2.24, 2.45) is 5.10 Å². The zero-order valence-corrected chi connectivity index (χ0v) is 14.0. The van der Waals surface area contributed by atoms with Gasteiger partial charge in [0.05, 0.1) is 13.3 Å². The third kappa shape index (κ3) is 3.21. The first-order chi connectivity index (χ1) is 11.6. The van der Waals surface area contributed by atoms with Crippen LogP contribution in [0.25, 0.3) is 11.4 Å². The minimum absolute atomic E-state index is 0.0786. The summed E-state index contributed by atoms with van der Waals surface area (Å²) in [4.78, 5) is 0. The zero-order chi connectivity index (χ0) is 17.1. The third-order valence-corrected chi connectivity index (χ3v) is 3.75. The molecule has 0 atom stereocenters. The highest BCUT2D eigenvalue weighted by molar-refractivity contribution is 7.71. The van der Waals surface area contributed by atoms with Crippen LogP contribution in [0.5, 0.6) is 11.5 Å². The number of aromatic nitrogens is 3. The van der Waals surface area contributed by atoms with E-state index in [1.165, 1.54) is 12.7 Å². The molecule has 0 saturated carbocycles. The highest BCUT2D eigenvalue weighted by atomic mass is 32.1. The van der Waals surface area contributed by atoms with Crippen LogP contribution in [0.1, 0.15) is 11.1 Å². The monoisotopic (exact) mass is 340 g/mol. The van der Waals surface area contributed by atoms with Crippen LogP contribution in [0.2, 0.25) is 0 Å². The molecule has 2 N–H and O–H groups in total. The maximum absolute atomic E-state index is 9.64. The molecule has 1 aromatic heterocycles. The van der Waals surface area contributed by atoms with Crippen LogP contribution < -0.4 is 4.74 Å². The Morgan fingerprint density at radius 1 is 1.25 bits per heavy atom. The van der Waals surface area contributed by atoms with Crippen molar-refractivity contribution >= 4 is 18.4 Å². The lowest BCUT2D eigenvalue weighted by Crippen LogP contribution is -1.95. The van der Waals surface area contributed by atoms with Crippen LogP contribution in [-0.2, 0) is 0 Å². The van der Waals surface area contributed by atoms with E-state index in [-0.39, 0.29) is 5.75 Å². The number of phenolic OH excluding ortho intramolecular Hbond substituents is 1. The largest absolute Gasteiger partial charge is 0.504 e. The first kappa shape index (κ1) is 15.9. The van der Waals surface area contributed by atoms with E-state index < -0.39 is 0 Å². The van der Waals surface area contributed by atoms with Crippen molar-refractivity contribution in [2.45, 2.75) is 6.92 Å². The normalized spacial score (nSPS) is 11.1. The zero-order valence-electron chi connectivity index (χ0n) is 13.2. The number of aromatic hydroxyl groups is 1. The number of nitrogens with zero attached hydrogens (tertiary/aromatic N) is 3. The third-order valence-electron chi connectivity index (χ3n) is 3.49. The summed E-state index contributed by atoms with van der Waals surface area (Å²) in [6.07, 6.45) is 1.63. The molecular weight excluding hydrogens is 324 g/mol. The predicted molar refractivity (Wildman–Crippen MR) is 95.2 cm³/mol. The molecule has 7 heteroatoms. The highest BCUT2D eigenvalue weighted by Gasteiger charge is 2.08. The van der Waals surface area contributed by atoms with Crippen LogP contribution >= 0.6 is 12.2 Å². The molecule has 0 aliphatic heterocycles. The maximum Gasteiger partial charge on any atom is 0.216 e. The Hall–Kier alpha value is -2.93. The number of hydrogen-bond acceptors (Lipinski definition) is 5. The number of rotatable bonds is 4. The van der Waals surface area contributed by atoms with Gasteiger partial charge in [-0.1, -0.05) is 29.8 Å². The first-order valence-corrected chi connectivity index (χ1v) is 7.65. The van der Waals surface area contributed by atoms with Gasteiger partial charge in [0.15, 0.2) is 17.3 Å². The number of H-pyrrole nitrogens is 1. The number of nitrogens with one attached hydrogen (secondary N) is 1. The Labute approximate surface area is 144 Å². The van der Waals surface area contributed by atoms with Crippen molar-refractivity contribution in [3.05, 3.63) is 58.4 Å². The van der Waals surface area contributed by atoms with Crippen molar-refractivity contribution in [3.63, 3.8) is 0 Å². The Bertz CT molecular complexity index is 942. The van der Waals surface area contributed by atoms with Gasteiger partial charge in [-0.3, -0.25) is 0 Å². The molecule has 6 nitrogen and oxygen atoms in total. The van der Waals surface area contributed by atoms with Gasteiger partial charge >= 0.3 is 0 Å². The van der Waals surface area contributed by atoms with Crippen LogP contribution in [-0.4, -0.2) is 33.3 Å². The van der Waals surface area contributed by atoms with E-state index in [0.29, 0.717) is 16.3 Å². The van der Waals surface area contributed by atoms with E-state index in [1.807, 2.05) is 31.2 Å². The number of ether oxygens (including phenoxy) is 1. The fourth-order valence-electron chi connectivity index (χ4n) is 2.19. The Kier molecular flexibility index (Phi) is 4.43. The second-order valence-electron chi connectivity index (χ2n) is 5.21. The van der Waals surface area contributed by atoms with Gasteiger partial charge in [-0.15, -0.1) is 0 Å². The molecule has 24 heavy (non-hydrogen) atoms. The quantitative estimate of drug-likeness (QED) is 0.563. The summed E-state index contributed by atoms with van der Waals surface area (Å²) in [7, 11) is 1.50. The molecule has 0 spiro atoms. The summed E-state index contributed by atoms with van der Waals surface area (Å²) in [5.74, 6) is 1.09. The molecule has 0 aliphatic rings. The standard InChI is InChI=1S/C17H16N4O2S/c1-11-3-6-13(7-4-11)16-19-20-17(24)21(16)18-10-12-5-8-14(22)15(9-12)23-2/h3-10,22H,1-2H3,(H,20,24). The SMILES string of the molecule is COc1cc(C=Nn2c(-c3ccc(C)cc3)n[nH]c2=S)ccc1O. The average molecular weight is 340 g/mol. The number of methoxy groups -OCH3 is 1. The van der Waals surface area contributed by atoms with Gasteiger partial charge < -0.3 is 9.84 Å². The second-order valence-corrected chi connectivity index (χ2v) is 5.59. The van der Waals surface area contributed by atoms with Gasteiger partial charge in [0, 0.05) is 5.56 Å². The van der Waals surface area contributed by atoms with Gasteiger partial charge in [0.25, 0.3) is 0 Å². The maximum atomic E-state index is 9.64. The molecule has 0 radical (unpaired) electrons. The summed E-state index contributed by atoms with van der Waals surface area (Å²) in [5.41, 5.74) is 2.84. The lowest BCUT2D eigenvalue weighted by Gasteiger charge is -2.04. The van der Waals surface area contributed by atoms with Crippen molar-refractivity contribution in [2.75, 3.05) is 7.11 Å². The van der Waals surface area contributed by atoms with E-state index in [4.69, 9.17) is 17.0 Å². The second kappa shape index (κ2) is 6.67. The van der Waals surface area contributed by atoms with Crippen molar-refractivity contribution in [3.8, 4) is 22.9 Å². The molecule has 3 aromatic rings. The molecule has 0 amide bonds. The Morgan fingerprint density at radius 2 is 2.00 bits per heavy atom. The van der Waals surface area contributed by atoms with Crippen molar-refractivity contribution < 1.29 is 9.84 Å². The highest BCUT2D eigenvalue weighted by Crippen LogP contribution is 2.25. The number of benzene rings is 2. The summed E-state index contributed by atoms with van der Waals surface area (Å²) < 4.78 is 7.04. The van der Waals surface area contributed by atoms with E-state index >= 15 is 0 Å². The van der Waals surface area contributed by atoms with Crippen LogP contribution in [0.3, 0.4) is 0 Å². The fraction of sp³-hybridized carbons (Fsp3) is 0.118. The molecular formula is C17H16N4O2S. The van der Waals surface area contributed by atoms with E-state index in [9.17, 15) is 5.11 Å². The smallest absolute Gasteiger partial charge is 0.216 e. The van der Waals surface area contributed by atoms with Crippen molar-refractivity contribution in [1.82, 2.24) is 14.9 Å². The lowest BCUT2D eigenvalue weighted by molar-refractivity contribution is 0.373. The summed E-state index contributed by atoms with van der Waals surface area (Å²) >= 11 is 5.25. The molecule has 3 rings (SSSR count). The Morgan fingerprint density at radius 3 is 2.71 bits per heavy atom. The van der Waals surface area contributed by atoms with Gasteiger partial charge in [0.2, 0.25) is 4.77 Å². The number of aromatic amines is 1. The van der Waals surface area contributed by atoms with Gasteiger partial charge in [-0.05, 0) is 42.9 Å². The minimum atomic E-state index is 0.0786.